The molecule has 1 aromatic carbocycles. The molecule has 1 N–H and O–H groups in total. The van der Waals surface area contributed by atoms with Gasteiger partial charge in [0.1, 0.15) is 0 Å². The smallest absolute Gasteiger partial charge is 0.226 e. The molecule has 4 bridgehead atoms. The minimum absolute atomic E-state index is 0.127. The van der Waals surface area contributed by atoms with Gasteiger partial charge in [-0.25, -0.2) is 0 Å². The monoisotopic (exact) mass is 309 g/mol. The van der Waals surface area contributed by atoms with Crippen LogP contribution >= 0.6 is 0 Å². The van der Waals surface area contributed by atoms with Crippen molar-refractivity contribution in [3.8, 4) is 0 Å². The molecule has 2 nitrogen and oxygen atoms in total. The van der Waals surface area contributed by atoms with Gasteiger partial charge < -0.3 is 5.32 Å². The Bertz CT molecular complexity index is 616. The van der Waals surface area contributed by atoms with Crippen LogP contribution in [0, 0.1) is 24.2 Å². The SMILES string of the molecule is C=CCNC(=O)C12C[C@H]3C[C@@H](C1)CC(c1ccc(C)cc1)(C3)C2. The van der Waals surface area contributed by atoms with Crippen molar-refractivity contribution in [3.05, 3.63) is 48.0 Å². The summed E-state index contributed by atoms with van der Waals surface area (Å²) >= 11 is 0. The van der Waals surface area contributed by atoms with E-state index in [0.717, 1.165) is 31.1 Å². The third kappa shape index (κ3) is 2.34. The molecular weight excluding hydrogens is 282 g/mol. The highest BCUT2D eigenvalue weighted by molar-refractivity contribution is 5.83. The number of nitrogens with one attached hydrogen (secondary N) is 1. The summed E-state index contributed by atoms with van der Waals surface area (Å²) in [6.07, 6.45) is 8.92. The van der Waals surface area contributed by atoms with Gasteiger partial charge in [0, 0.05) is 6.54 Å². The summed E-state index contributed by atoms with van der Waals surface area (Å²) in [6, 6.07) is 9.10. The van der Waals surface area contributed by atoms with Gasteiger partial charge in [-0.1, -0.05) is 35.9 Å². The summed E-state index contributed by atoms with van der Waals surface area (Å²) in [7, 11) is 0. The molecular formula is C21H27NO. The molecule has 23 heavy (non-hydrogen) atoms. The van der Waals surface area contributed by atoms with Gasteiger partial charge in [-0.2, -0.15) is 0 Å². The second-order valence-electron chi connectivity index (χ2n) is 8.39. The summed E-state index contributed by atoms with van der Waals surface area (Å²) < 4.78 is 0. The van der Waals surface area contributed by atoms with E-state index in [9.17, 15) is 4.79 Å². The first-order chi connectivity index (χ1) is 11.1. The van der Waals surface area contributed by atoms with Gasteiger partial charge in [-0.05, 0) is 68.3 Å². The van der Waals surface area contributed by atoms with Gasteiger partial charge >= 0.3 is 0 Å². The number of aryl methyl sites for hydroxylation is 1. The van der Waals surface area contributed by atoms with E-state index in [-0.39, 0.29) is 16.7 Å². The van der Waals surface area contributed by atoms with Crippen molar-refractivity contribution in [3.63, 3.8) is 0 Å². The molecule has 4 atom stereocenters. The van der Waals surface area contributed by atoms with Gasteiger partial charge in [0.25, 0.3) is 0 Å². The largest absolute Gasteiger partial charge is 0.352 e. The van der Waals surface area contributed by atoms with Crippen molar-refractivity contribution in [2.24, 2.45) is 17.3 Å². The predicted molar refractivity (Wildman–Crippen MR) is 93.2 cm³/mol. The fourth-order valence-electron chi connectivity index (χ4n) is 6.13. The molecule has 0 radical (unpaired) electrons. The predicted octanol–water partition coefficient (Wildman–Crippen LogP) is 4.14. The van der Waals surface area contributed by atoms with Gasteiger partial charge in [-0.15, -0.1) is 6.58 Å². The van der Waals surface area contributed by atoms with Gasteiger partial charge in [0.2, 0.25) is 5.91 Å². The van der Waals surface area contributed by atoms with Crippen LogP contribution in [-0.4, -0.2) is 12.5 Å². The van der Waals surface area contributed by atoms with Crippen LogP contribution in [-0.2, 0) is 10.2 Å². The standard InChI is InChI=1S/C21H27NO/c1-3-8-22-19(23)21-12-16-9-17(13-21)11-20(10-16,14-21)18-6-4-15(2)5-7-18/h3-7,16-17H,1,8-14H2,2H3,(H,22,23)/t16-,17+,20?,21?. The Morgan fingerprint density at radius 2 is 1.87 bits per heavy atom. The number of carbonyl (C=O) groups excluding carboxylic acids is 1. The molecule has 1 aromatic rings. The average Bonchev–Trinajstić information content (AvgIpc) is 2.51. The molecule has 4 aliphatic rings. The zero-order valence-corrected chi connectivity index (χ0v) is 14.1. The summed E-state index contributed by atoms with van der Waals surface area (Å²) in [5.74, 6) is 1.74. The summed E-state index contributed by atoms with van der Waals surface area (Å²) in [6.45, 7) is 6.47. The second-order valence-corrected chi connectivity index (χ2v) is 8.39. The summed E-state index contributed by atoms with van der Waals surface area (Å²) in [5.41, 5.74) is 2.90. The van der Waals surface area contributed by atoms with E-state index in [0.29, 0.717) is 6.54 Å². The van der Waals surface area contributed by atoms with Crippen LogP contribution in [0.2, 0.25) is 0 Å². The van der Waals surface area contributed by atoms with E-state index in [2.05, 4.69) is 43.1 Å². The first-order valence-corrected chi connectivity index (χ1v) is 9.02. The lowest BCUT2D eigenvalue weighted by Crippen LogP contribution is -2.59. The van der Waals surface area contributed by atoms with Crippen molar-refractivity contribution in [2.75, 3.05) is 6.54 Å². The number of amides is 1. The van der Waals surface area contributed by atoms with Crippen molar-refractivity contribution >= 4 is 5.91 Å². The number of hydrogen-bond acceptors (Lipinski definition) is 1. The van der Waals surface area contributed by atoms with Crippen LogP contribution in [0.4, 0.5) is 0 Å². The van der Waals surface area contributed by atoms with Crippen molar-refractivity contribution in [2.45, 2.75) is 50.9 Å². The molecule has 122 valence electrons. The third-order valence-corrected chi connectivity index (χ3v) is 6.61. The van der Waals surface area contributed by atoms with E-state index in [1.807, 2.05) is 0 Å². The Balaban J connectivity index is 1.69. The van der Waals surface area contributed by atoms with Gasteiger partial charge in [0.05, 0.1) is 5.41 Å². The third-order valence-electron chi connectivity index (χ3n) is 6.61. The molecule has 4 saturated carbocycles. The Kier molecular flexibility index (Phi) is 3.40. The molecule has 4 fully saturated rings. The van der Waals surface area contributed by atoms with Crippen molar-refractivity contribution in [1.29, 1.82) is 0 Å². The minimum atomic E-state index is -0.127. The Hall–Kier alpha value is -1.57. The molecule has 0 heterocycles. The maximum Gasteiger partial charge on any atom is 0.226 e. The molecule has 0 spiro atoms. The average molecular weight is 309 g/mol. The fraction of sp³-hybridized carbons (Fsp3) is 0.571. The number of benzene rings is 1. The topological polar surface area (TPSA) is 29.1 Å². The highest BCUT2D eigenvalue weighted by Crippen LogP contribution is 2.65. The maximum absolute atomic E-state index is 12.9. The van der Waals surface area contributed by atoms with Crippen LogP contribution in [0.15, 0.2) is 36.9 Å². The molecule has 1 amide bonds. The van der Waals surface area contributed by atoms with Gasteiger partial charge in [0.15, 0.2) is 0 Å². The molecule has 0 aromatic heterocycles. The fourth-order valence-corrected chi connectivity index (χ4v) is 6.13. The molecule has 5 rings (SSSR count). The van der Waals surface area contributed by atoms with Crippen molar-refractivity contribution < 1.29 is 4.79 Å². The first-order valence-electron chi connectivity index (χ1n) is 9.02. The van der Waals surface area contributed by atoms with E-state index >= 15 is 0 Å². The molecule has 0 aliphatic heterocycles. The van der Waals surface area contributed by atoms with E-state index in [4.69, 9.17) is 0 Å². The second kappa shape index (κ2) is 5.22. The first kappa shape index (κ1) is 15.0. The lowest BCUT2D eigenvalue weighted by atomic mass is 9.42. The van der Waals surface area contributed by atoms with E-state index in [1.54, 1.807) is 6.08 Å². The highest BCUT2D eigenvalue weighted by Gasteiger charge is 2.60. The lowest BCUT2D eigenvalue weighted by molar-refractivity contribution is -0.148. The highest BCUT2D eigenvalue weighted by atomic mass is 16.2. The molecule has 4 aliphatic carbocycles. The van der Waals surface area contributed by atoms with Crippen LogP contribution in [0.5, 0.6) is 0 Å². The van der Waals surface area contributed by atoms with Crippen molar-refractivity contribution in [1.82, 2.24) is 5.32 Å². The van der Waals surface area contributed by atoms with Crippen LogP contribution in [0.1, 0.15) is 49.7 Å². The molecule has 0 saturated heterocycles. The minimum Gasteiger partial charge on any atom is -0.352 e. The Morgan fingerprint density at radius 3 is 2.48 bits per heavy atom. The Morgan fingerprint density at radius 1 is 1.22 bits per heavy atom. The number of hydrogen-bond donors (Lipinski definition) is 1. The zero-order chi connectivity index (χ0) is 16.1. The van der Waals surface area contributed by atoms with Gasteiger partial charge in [-0.3, -0.25) is 4.79 Å². The summed E-state index contributed by atoms with van der Waals surface area (Å²) in [4.78, 5) is 12.9. The number of rotatable bonds is 4. The van der Waals surface area contributed by atoms with Crippen LogP contribution in [0.25, 0.3) is 0 Å². The quantitative estimate of drug-likeness (QED) is 0.832. The number of carbonyl (C=O) groups is 1. The van der Waals surface area contributed by atoms with Crippen LogP contribution < -0.4 is 5.32 Å². The maximum atomic E-state index is 12.9. The molecule has 2 unspecified atom stereocenters. The zero-order valence-electron chi connectivity index (χ0n) is 14.1. The van der Waals surface area contributed by atoms with Crippen LogP contribution in [0.3, 0.4) is 0 Å². The van der Waals surface area contributed by atoms with E-state index < -0.39 is 0 Å². The lowest BCUT2D eigenvalue weighted by Gasteiger charge is -2.61. The normalized spacial score (nSPS) is 37.6. The Labute approximate surface area is 139 Å². The molecule has 2 heteroatoms. The van der Waals surface area contributed by atoms with E-state index in [1.165, 1.54) is 30.4 Å². The summed E-state index contributed by atoms with van der Waals surface area (Å²) in [5, 5.41) is 3.11.